The van der Waals surface area contributed by atoms with E-state index in [9.17, 15) is 0 Å². The van der Waals surface area contributed by atoms with Crippen molar-refractivity contribution < 1.29 is 0 Å². The molecule has 2 atom stereocenters. The van der Waals surface area contributed by atoms with Crippen LogP contribution in [0.25, 0.3) is 0 Å². The Hall–Kier alpha value is -0.470. The summed E-state index contributed by atoms with van der Waals surface area (Å²) in [5.74, 6) is 1.11. The van der Waals surface area contributed by atoms with Crippen LogP contribution in [0.1, 0.15) is 30.5 Å². The Kier molecular flexibility index (Phi) is 5.36. The molecule has 0 aromatic heterocycles. The van der Waals surface area contributed by atoms with Crippen molar-refractivity contribution in [2.45, 2.75) is 44.7 Å². The summed E-state index contributed by atoms with van der Waals surface area (Å²) in [5, 5.41) is 3.95. The van der Waals surface area contributed by atoms with Crippen LogP contribution in [-0.2, 0) is 5.75 Å². The highest BCUT2D eigenvalue weighted by Gasteiger charge is 2.10. The largest absolute Gasteiger partial charge is 0.316 e. The van der Waals surface area contributed by atoms with Crippen LogP contribution >= 0.6 is 11.8 Å². The monoisotopic (exact) mass is 237 g/mol. The van der Waals surface area contributed by atoms with Crippen LogP contribution in [0, 0.1) is 13.8 Å². The lowest BCUT2D eigenvalue weighted by atomic mass is 10.1. The summed E-state index contributed by atoms with van der Waals surface area (Å²) in [6, 6.07) is 7.37. The molecule has 0 amide bonds. The van der Waals surface area contributed by atoms with E-state index < -0.39 is 0 Å². The predicted molar refractivity (Wildman–Crippen MR) is 75.2 cm³/mol. The van der Waals surface area contributed by atoms with E-state index in [2.05, 4.69) is 51.2 Å². The zero-order valence-electron chi connectivity index (χ0n) is 11.0. The van der Waals surface area contributed by atoms with Gasteiger partial charge in [0.05, 0.1) is 0 Å². The normalized spacial score (nSPS) is 14.8. The molecule has 16 heavy (non-hydrogen) atoms. The van der Waals surface area contributed by atoms with Gasteiger partial charge in [0, 0.05) is 17.0 Å². The maximum Gasteiger partial charge on any atom is 0.0188 e. The molecule has 0 heterocycles. The van der Waals surface area contributed by atoms with Crippen molar-refractivity contribution in [1.82, 2.24) is 5.32 Å². The Labute approximate surface area is 104 Å². The number of hydrogen-bond donors (Lipinski definition) is 1. The molecule has 0 spiro atoms. The minimum atomic E-state index is 0.566. The standard InChI is InChI=1S/C14H23NS/c1-10-6-11(2)8-14(7-10)9-16-13(4)12(3)15-5/h6-8,12-13,15H,9H2,1-5H3. The van der Waals surface area contributed by atoms with E-state index in [1.165, 1.54) is 16.7 Å². The minimum absolute atomic E-state index is 0.566. The Bertz CT molecular complexity index is 315. The highest BCUT2D eigenvalue weighted by Crippen LogP contribution is 2.21. The third-order valence-corrected chi connectivity index (χ3v) is 4.39. The van der Waals surface area contributed by atoms with Crippen molar-refractivity contribution in [2.75, 3.05) is 7.05 Å². The summed E-state index contributed by atoms with van der Waals surface area (Å²) < 4.78 is 0. The summed E-state index contributed by atoms with van der Waals surface area (Å²) >= 11 is 2.02. The molecule has 1 aromatic carbocycles. The molecule has 0 saturated heterocycles. The van der Waals surface area contributed by atoms with Crippen LogP contribution < -0.4 is 5.32 Å². The smallest absolute Gasteiger partial charge is 0.0188 e. The van der Waals surface area contributed by atoms with Gasteiger partial charge in [-0.1, -0.05) is 36.2 Å². The lowest BCUT2D eigenvalue weighted by Crippen LogP contribution is -2.30. The summed E-state index contributed by atoms with van der Waals surface area (Å²) in [6.45, 7) is 8.86. The van der Waals surface area contributed by atoms with E-state index in [0.29, 0.717) is 11.3 Å². The molecule has 0 saturated carbocycles. The fourth-order valence-corrected chi connectivity index (χ4v) is 2.81. The molecule has 0 aliphatic rings. The first-order valence-corrected chi connectivity index (χ1v) is 6.94. The molecule has 1 N–H and O–H groups in total. The molecule has 1 nitrogen and oxygen atoms in total. The average molecular weight is 237 g/mol. The fraction of sp³-hybridized carbons (Fsp3) is 0.571. The first kappa shape index (κ1) is 13.6. The second kappa shape index (κ2) is 6.31. The number of thioether (sulfide) groups is 1. The highest BCUT2D eigenvalue weighted by atomic mass is 32.2. The predicted octanol–water partition coefficient (Wildman–Crippen LogP) is 3.53. The average Bonchev–Trinajstić information content (AvgIpc) is 2.23. The van der Waals surface area contributed by atoms with E-state index in [-0.39, 0.29) is 0 Å². The third-order valence-electron chi connectivity index (χ3n) is 2.95. The van der Waals surface area contributed by atoms with E-state index >= 15 is 0 Å². The SMILES string of the molecule is CNC(C)C(C)SCc1cc(C)cc(C)c1. The lowest BCUT2D eigenvalue weighted by Gasteiger charge is -2.18. The lowest BCUT2D eigenvalue weighted by molar-refractivity contribution is 0.605. The topological polar surface area (TPSA) is 12.0 Å². The summed E-state index contributed by atoms with van der Waals surface area (Å²) in [5.41, 5.74) is 4.17. The summed E-state index contributed by atoms with van der Waals surface area (Å²) in [6.07, 6.45) is 0. The van der Waals surface area contributed by atoms with Crippen molar-refractivity contribution in [1.29, 1.82) is 0 Å². The quantitative estimate of drug-likeness (QED) is 0.841. The Morgan fingerprint density at radius 1 is 1.12 bits per heavy atom. The maximum absolute atomic E-state index is 3.30. The summed E-state index contributed by atoms with van der Waals surface area (Å²) in [4.78, 5) is 0. The second-order valence-corrected chi connectivity index (χ2v) is 5.96. The molecule has 2 heteroatoms. The number of aryl methyl sites for hydroxylation is 2. The Balaban J connectivity index is 2.54. The van der Waals surface area contributed by atoms with Gasteiger partial charge in [-0.2, -0.15) is 11.8 Å². The molecule has 2 unspecified atom stereocenters. The van der Waals surface area contributed by atoms with Crippen molar-refractivity contribution >= 4 is 11.8 Å². The fourth-order valence-electron chi connectivity index (χ4n) is 1.76. The molecule has 0 aliphatic heterocycles. The van der Waals surface area contributed by atoms with Gasteiger partial charge in [-0.25, -0.2) is 0 Å². The van der Waals surface area contributed by atoms with Gasteiger partial charge in [0.1, 0.15) is 0 Å². The molecule has 90 valence electrons. The van der Waals surface area contributed by atoms with E-state index in [1.807, 2.05) is 18.8 Å². The van der Waals surface area contributed by atoms with Gasteiger partial charge in [0.15, 0.2) is 0 Å². The van der Waals surface area contributed by atoms with Crippen molar-refractivity contribution in [3.05, 3.63) is 34.9 Å². The van der Waals surface area contributed by atoms with E-state index in [4.69, 9.17) is 0 Å². The zero-order valence-corrected chi connectivity index (χ0v) is 11.8. The van der Waals surface area contributed by atoms with Gasteiger partial charge in [-0.15, -0.1) is 0 Å². The van der Waals surface area contributed by atoms with Crippen LogP contribution in [0.4, 0.5) is 0 Å². The molecule has 0 aliphatic carbocycles. The molecular formula is C14H23NS. The van der Waals surface area contributed by atoms with Gasteiger partial charge in [0.2, 0.25) is 0 Å². The van der Waals surface area contributed by atoms with Gasteiger partial charge < -0.3 is 5.32 Å². The van der Waals surface area contributed by atoms with Gasteiger partial charge in [-0.3, -0.25) is 0 Å². The first-order valence-electron chi connectivity index (χ1n) is 5.89. The number of nitrogens with one attached hydrogen (secondary N) is 1. The van der Waals surface area contributed by atoms with E-state index in [1.54, 1.807) is 0 Å². The Morgan fingerprint density at radius 3 is 2.19 bits per heavy atom. The van der Waals surface area contributed by atoms with Crippen LogP contribution in [0.15, 0.2) is 18.2 Å². The Morgan fingerprint density at radius 2 is 1.69 bits per heavy atom. The maximum atomic E-state index is 3.30. The summed E-state index contributed by atoms with van der Waals surface area (Å²) in [7, 11) is 2.03. The van der Waals surface area contributed by atoms with Crippen molar-refractivity contribution in [2.24, 2.45) is 0 Å². The molecule has 1 aromatic rings. The van der Waals surface area contributed by atoms with Crippen LogP contribution in [0.5, 0.6) is 0 Å². The van der Waals surface area contributed by atoms with Crippen molar-refractivity contribution in [3.63, 3.8) is 0 Å². The van der Waals surface area contributed by atoms with Gasteiger partial charge in [0.25, 0.3) is 0 Å². The van der Waals surface area contributed by atoms with Crippen LogP contribution in [-0.4, -0.2) is 18.3 Å². The zero-order chi connectivity index (χ0) is 12.1. The molecule has 1 rings (SSSR count). The number of hydrogen-bond acceptors (Lipinski definition) is 2. The number of rotatable bonds is 5. The molecular weight excluding hydrogens is 214 g/mol. The minimum Gasteiger partial charge on any atom is -0.316 e. The molecule has 0 fully saturated rings. The van der Waals surface area contributed by atoms with Gasteiger partial charge in [-0.05, 0) is 33.4 Å². The molecule has 0 radical (unpaired) electrons. The van der Waals surface area contributed by atoms with E-state index in [0.717, 1.165) is 5.75 Å². The second-order valence-electron chi connectivity index (χ2n) is 4.59. The third kappa shape index (κ3) is 4.18. The first-order chi connectivity index (χ1) is 7.52. The molecule has 0 bridgehead atoms. The highest BCUT2D eigenvalue weighted by molar-refractivity contribution is 7.99. The number of benzene rings is 1. The van der Waals surface area contributed by atoms with Crippen molar-refractivity contribution in [3.8, 4) is 0 Å². The van der Waals surface area contributed by atoms with Gasteiger partial charge >= 0.3 is 0 Å². The van der Waals surface area contributed by atoms with Crippen LogP contribution in [0.2, 0.25) is 0 Å². The van der Waals surface area contributed by atoms with Crippen LogP contribution in [0.3, 0.4) is 0 Å².